The third kappa shape index (κ3) is 4.99. The zero-order valence-corrected chi connectivity index (χ0v) is 25.0. The van der Waals surface area contributed by atoms with Gasteiger partial charge in [-0.15, -0.1) is 0 Å². The van der Waals surface area contributed by atoms with E-state index in [0.29, 0.717) is 11.8 Å². The lowest BCUT2D eigenvalue weighted by Gasteiger charge is -2.63. The second-order valence-electron chi connectivity index (χ2n) is 14.6. The molecule has 4 saturated carbocycles. The molecule has 0 radical (unpaired) electrons. The van der Waals surface area contributed by atoms with Gasteiger partial charge in [-0.25, -0.2) is 14.4 Å². The Balaban J connectivity index is 1.24. The molecule has 4 aliphatic carbocycles. The van der Waals surface area contributed by atoms with Crippen LogP contribution < -0.4 is 10.9 Å². The van der Waals surface area contributed by atoms with Crippen LogP contribution >= 0.6 is 0 Å². The van der Waals surface area contributed by atoms with Crippen LogP contribution in [0.25, 0.3) is 0 Å². The lowest BCUT2D eigenvalue weighted by atomic mass is 9.43. The Hall–Kier alpha value is -2.35. The summed E-state index contributed by atoms with van der Waals surface area (Å²) in [5.41, 5.74) is -0.845. The van der Waals surface area contributed by atoms with E-state index in [4.69, 9.17) is 13.9 Å². The van der Waals surface area contributed by atoms with E-state index >= 15 is 0 Å². The van der Waals surface area contributed by atoms with E-state index in [1.165, 1.54) is 6.07 Å². The highest BCUT2D eigenvalue weighted by atomic mass is 16.6. The fourth-order valence-electron chi connectivity index (χ4n) is 9.20. The second-order valence-corrected chi connectivity index (χ2v) is 14.6. The SMILES string of the molecule is CC(NC(=O)OC(C)(C)C)C(=O)O[C@H]1CC[C@@]2(C)[C@H](CC[C@@H]3[C@@H]2CC[C@]2(C)[C@@H](c4ccc(=O)oc4)CC[C@]32O)C1. The Bertz CT molecular complexity index is 1170. The Morgan fingerprint density at radius 3 is 2.48 bits per heavy atom. The van der Waals surface area contributed by atoms with Gasteiger partial charge < -0.3 is 24.3 Å². The molecule has 1 unspecified atom stereocenters. The van der Waals surface area contributed by atoms with Gasteiger partial charge >= 0.3 is 17.7 Å². The molecule has 8 nitrogen and oxygen atoms in total. The van der Waals surface area contributed by atoms with Crippen LogP contribution in [0.4, 0.5) is 4.79 Å². The summed E-state index contributed by atoms with van der Waals surface area (Å²) in [5, 5.41) is 15.0. The predicted octanol–water partition coefficient (Wildman–Crippen LogP) is 5.71. The van der Waals surface area contributed by atoms with Gasteiger partial charge in [-0.1, -0.05) is 13.8 Å². The zero-order chi connectivity index (χ0) is 29.1. The number of rotatable bonds is 4. The molecule has 9 atom stereocenters. The molecule has 0 bridgehead atoms. The molecule has 0 aromatic carbocycles. The summed E-state index contributed by atoms with van der Waals surface area (Å²) in [4.78, 5) is 36.4. The van der Waals surface area contributed by atoms with Gasteiger partial charge in [0.1, 0.15) is 17.7 Å². The lowest BCUT2D eigenvalue weighted by Crippen LogP contribution is -2.62. The van der Waals surface area contributed by atoms with Crippen molar-refractivity contribution in [3.05, 3.63) is 34.4 Å². The summed E-state index contributed by atoms with van der Waals surface area (Å²) in [6.07, 6.45) is 9.08. The van der Waals surface area contributed by atoms with E-state index in [9.17, 15) is 19.5 Å². The largest absolute Gasteiger partial charge is 0.461 e. The van der Waals surface area contributed by atoms with E-state index in [0.717, 1.165) is 63.4 Å². The number of esters is 1. The normalized spacial score (nSPS) is 39.7. The summed E-state index contributed by atoms with van der Waals surface area (Å²) in [6, 6.07) is 2.59. The first-order chi connectivity index (χ1) is 18.7. The Morgan fingerprint density at radius 2 is 1.80 bits per heavy atom. The van der Waals surface area contributed by atoms with Crippen LogP contribution in [-0.2, 0) is 14.3 Å². The fourth-order valence-corrected chi connectivity index (χ4v) is 9.20. The van der Waals surface area contributed by atoms with Crippen molar-refractivity contribution in [3.63, 3.8) is 0 Å². The minimum absolute atomic E-state index is 0.0981. The number of hydrogen-bond acceptors (Lipinski definition) is 7. The maximum Gasteiger partial charge on any atom is 0.408 e. The Kier molecular flexibility index (Phi) is 7.42. The van der Waals surface area contributed by atoms with Gasteiger partial charge in [0.05, 0.1) is 11.9 Å². The van der Waals surface area contributed by atoms with Crippen molar-refractivity contribution in [2.45, 2.75) is 129 Å². The molecule has 5 rings (SSSR count). The molecule has 1 aromatic rings. The fraction of sp³-hybridized carbons (Fsp3) is 0.781. The molecule has 1 aromatic heterocycles. The highest BCUT2D eigenvalue weighted by Crippen LogP contribution is 2.70. The molecular weight excluding hydrogens is 510 g/mol. The number of amides is 1. The number of alkyl carbamates (subject to hydrolysis) is 1. The van der Waals surface area contributed by atoms with Gasteiger partial charge in [-0.05, 0) is 126 Å². The molecule has 8 heteroatoms. The van der Waals surface area contributed by atoms with Crippen LogP contribution in [0.3, 0.4) is 0 Å². The molecule has 4 aliphatic rings. The summed E-state index contributed by atoms with van der Waals surface area (Å²) in [7, 11) is 0. The second kappa shape index (κ2) is 10.2. The van der Waals surface area contributed by atoms with E-state index in [2.05, 4.69) is 19.2 Å². The Morgan fingerprint density at radius 1 is 1.05 bits per heavy atom. The average Bonchev–Trinajstić information content (AvgIpc) is 3.14. The van der Waals surface area contributed by atoms with Crippen molar-refractivity contribution in [2.75, 3.05) is 0 Å². The van der Waals surface area contributed by atoms with Gasteiger partial charge in [0.2, 0.25) is 0 Å². The highest BCUT2D eigenvalue weighted by Gasteiger charge is 2.67. The maximum atomic E-state index is 12.8. The molecule has 1 amide bonds. The number of nitrogens with one attached hydrogen (secondary N) is 1. The number of carbonyl (C=O) groups is 2. The first kappa shape index (κ1) is 29.2. The zero-order valence-electron chi connectivity index (χ0n) is 25.0. The van der Waals surface area contributed by atoms with Gasteiger partial charge in [0.25, 0.3) is 0 Å². The minimum atomic E-state index is -0.780. The quantitative estimate of drug-likeness (QED) is 0.456. The van der Waals surface area contributed by atoms with E-state index in [1.54, 1.807) is 34.0 Å². The summed E-state index contributed by atoms with van der Waals surface area (Å²) in [6.45, 7) is 11.6. The van der Waals surface area contributed by atoms with Crippen molar-refractivity contribution < 1.29 is 28.6 Å². The van der Waals surface area contributed by atoms with E-state index in [1.807, 2.05) is 6.07 Å². The van der Waals surface area contributed by atoms with E-state index in [-0.39, 0.29) is 34.4 Å². The summed E-state index contributed by atoms with van der Waals surface area (Å²) < 4.78 is 16.4. The van der Waals surface area contributed by atoms with Crippen molar-refractivity contribution in [2.24, 2.45) is 28.6 Å². The molecule has 0 spiro atoms. The first-order valence-electron chi connectivity index (χ1n) is 15.2. The van der Waals surface area contributed by atoms with Crippen molar-refractivity contribution in [1.82, 2.24) is 5.32 Å². The van der Waals surface area contributed by atoms with Gasteiger partial charge in [-0.2, -0.15) is 0 Å². The van der Waals surface area contributed by atoms with Crippen LogP contribution in [0.2, 0.25) is 0 Å². The third-order valence-corrected chi connectivity index (χ3v) is 11.3. The Labute approximate surface area is 237 Å². The summed E-state index contributed by atoms with van der Waals surface area (Å²) in [5.74, 6) is 0.860. The monoisotopic (exact) mass is 557 g/mol. The molecular formula is C32H47NO7. The van der Waals surface area contributed by atoms with Gasteiger partial charge in [0, 0.05) is 11.5 Å². The van der Waals surface area contributed by atoms with Crippen molar-refractivity contribution >= 4 is 12.1 Å². The molecule has 40 heavy (non-hydrogen) atoms. The van der Waals surface area contributed by atoms with E-state index < -0.39 is 29.3 Å². The summed E-state index contributed by atoms with van der Waals surface area (Å²) >= 11 is 0. The van der Waals surface area contributed by atoms with Gasteiger partial charge in [-0.3, -0.25) is 0 Å². The number of hydrogen-bond donors (Lipinski definition) is 2. The number of fused-ring (bicyclic) bond motifs is 5. The maximum absolute atomic E-state index is 12.8. The number of carbonyl (C=O) groups excluding carboxylic acids is 2. The molecule has 1 heterocycles. The smallest absolute Gasteiger partial charge is 0.408 e. The molecule has 4 fully saturated rings. The lowest BCUT2D eigenvalue weighted by molar-refractivity contribution is -0.207. The number of aliphatic hydroxyl groups is 1. The van der Waals surface area contributed by atoms with Crippen LogP contribution in [0.5, 0.6) is 0 Å². The third-order valence-electron chi connectivity index (χ3n) is 11.3. The van der Waals surface area contributed by atoms with Crippen molar-refractivity contribution in [1.29, 1.82) is 0 Å². The molecule has 0 saturated heterocycles. The predicted molar refractivity (Wildman–Crippen MR) is 150 cm³/mol. The average molecular weight is 558 g/mol. The topological polar surface area (TPSA) is 115 Å². The van der Waals surface area contributed by atoms with Crippen molar-refractivity contribution in [3.8, 4) is 0 Å². The van der Waals surface area contributed by atoms with Crippen LogP contribution in [0.1, 0.15) is 111 Å². The van der Waals surface area contributed by atoms with Gasteiger partial charge in [0.15, 0.2) is 0 Å². The minimum Gasteiger partial charge on any atom is -0.461 e. The van der Waals surface area contributed by atoms with Crippen LogP contribution in [-0.4, -0.2) is 40.5 Å². The van der Waals surface area contributed by atoms with Crippen LogP contribution in [0.15, 0.2) is 27.6 Å². The highest BCUT2D eigenvalue weighted by molar-refractivity contribution is 5.81. The first-order valence-corrected chi connectivity index (χ1v) is 15.2. The standard InChI is InChI=1S/C32H47NO7/c1-19(33-28(36)40-29(2,3)4)27(35)39-22-11-14-30(5)21(17-22)8-9-25-24(30)12-15-31(6)23(13-16-32(25,31)37)20-7-10-26(34)38-18-20/h7,10,18-19,21-25,37H,8-9,11-17H2,1-6H3,(H,33,36)/t19?,21-,22+,23-,24+,25-,30+,31-,32+/m1/s1. The molecule has 2 N–H and O–H groups in total. The number of ether oxygens (including phenoxy) is 2. The van der Waals surface area contributed by atoms with Crippen LogP contribution in [0, 0.1) is 28.6 Å². The molecule has 0 aliphatic heterocycles. The molecule has 222 valence electrons.